The van der Waals surface area contributed by atoms with Crippen molar-refractivity contribution in [3.05, 3.63) is 83.2 Å². The van der Waals surface area contributed by atoms with Crippen molar-refractivity contribution in [2.75, 3.05) is 0 Å². The van der Waals surface area contributed by atoms with E-state index < -0.39 is 0 Å². The molecule has 1 saturated carbocycles. The fraction of sp³-hybridized carbons (Fsp3) is 0.296. The van der Waals surface area contributed by atoms with E-state index >= 15 is 0 Å². The maximum absolute atomic E-state index is 6.56. The monoisotopic (exact) mass is 455 g/mol. The summed E-state index contributed by atoms with van der Waals surface area (Å²) in [6.45, 7) is 6.41. The van der Waals surface area contributed by atoms with Crippen molar-refractivity contribution in [1.82, 2.24) is 19.5 Å². The number of rotatable bonds is 6. The van der Waals surface area contributed by atoms with Gasteiger partial charge in [0.2, 0.25) is 0 Å². The number of aromatic nitrogens is 4. The van der Waals surface area contributed by atoms with Gasteiger partial charge < -0.3 is 5.73 Å². The van der Waals surface area contributed by atoms with E-state index in [1.165, 1.54) is 17.6 Å². The van der Waals surface area contributed by atoms with Gasteiger partial charge in [-0.1, -0.05) is 48.0 Å². The summed E-state index contributed by atoms with van der Waals surface area (Å²) in [7, 11) is 0. The van der Waals surface area contributed by atoms with E-state index in [-0.39, 0.29) is 10.8 Å². The van der Waals surface area contributed by atoms with Gasteiger partial charge in [-0.3, -0.25) is 4.57 Å². The van der Waals surface area contributed by atoms with Crippen molar-refractivity contribution in [3.8, 4) is 17.1 Å². The summed E-state index contributed by atoms with van der Waals surface area (Å²) in [5, 5.41) is 2.34. The summed E-state index contributed by atoms with van der Waals surface area (Å²) in [4.78, 5) is 14.5. The number of imidazole rings is 1. The van der Waals surface area contributed by atoms with Crippen LogP contribution in [-0.4, -0.2) is 19.5 Å². The fourth-order valence-electron chi connectivity index (χ4n) is 4.23. The molecule has 1 fully saturated rings. The molecule has 5 nitrogen and oxygen atoms in total. The Labute approximate surface area is 199 Å². The van der Waals surface area contributed by atoms with Gasteiger partial charge in [-0.05, 0) is 63.1 Å². The average Bonchev–Trinajstić information content (AvgIpc) is 3.20. The molecule has 33 heavy (non-hydrogen) atoms. The Bertz CT molecular complexity index is 1300. The molecule has 1 unspecified atom stereocenters. The van der Waals surface area contributed by atoms with Crippen LogP contribution in [0.1, 0.15) is 56.7 Å². The number of benzene rings is 2. The Morgan fingerprint density at radius 3 is 2.42 bits per heavy atom. The highest BCUT2D eigenvalue weighted by atomic mass is 32.2. The smallest absolute Gasteiger partial charge is 0.168 e. The van der Waals surface area contributed by atoms with Gasteiger partial charge in [0.05, 0.1) is 11.4 Å². The largest absolute Gasteiger partial charge is 0.321 e. The van der Waals surface area contributed by atoms with Crippen molar-refractivity contribution in [1.29, 1.82) is 0 Å². The molecule has 2 aromatic heterocycles. The molecule has 2 heterocycles. The third-order valence-electron chi connectivity index (χ3n) is 6.28. The molecule has 1 aliphatic carbocycles. The van der Waals surface area contributed by atoms with Gasteiger partial charge in [0.25, 0.3) is 0 Å². The zero-order valence-corrected chi connectivity index (χ0v) is 20.1. The van der Waals surface area contributed by atoms with Crippen LogP contribution in [0.25, 0.3) is 28.2 Å². The molecule has 2 N–H and O–H groups in total. The molecule has 0 bridgehead atoms. The Morgan fingerprint density at radius 1 is 1.06 bits per heavy atom. The molecule has 168 valence electrons. The van der Waals surface area contributed by atoms with Crippen LogP contribution in [0.3, 0.4) is 0 Å². The number of hydrogen-bond donors (Lipinski definition) is 1. The summed E-state index contributed by atoms with van der Waals surface area (Å²) >= 11 is 1.77. The van der Waals surface area contributed by atoms with Gasteiger partial charge in [-0.25, -0.2) is 15.0 Å². The minimum Gasteiger partial charge on any atom is -0.321 e. The molecule has 6 heteroatoms. The summed E-state index contributed by atoms with van der Waals surface area (Å²) in [5.74, 6) is 1.67. The minimum atomic E-state index is -0.173. The number of nitrogens with two attached hydrogens (primary N) is 1. The molecule has 0 amide bonds. The highest BCUT2D eigenvalue weighted by Crippen LogP contribution is 2.39. The van der Waals surface area contributed by atoms with Gasteiger partial charge in [0.1, 0.15) is 11.3 Å². The molecular formula is C27H29N5S. The van der Waals surface area contributed by atoms with Crippen LogP contribution in [0.4, 0.5) is 0 Å². The maximum Gasteiger partial charge on any atom is 0.168 e. The number of hydrogen-bond acceptors (Lipinski definition) is 5. The van der Waals surface area contributed by atoms with Gasteiger partial charge in [0, 0.05) is 16.8 Å². The van der Waals surface area contributed by atoms with E-state index in [1.54, 1.807) is 11.8 Å². The Hall–Kier alpha value is -2.96. The highest BCUT2D eigenvalue weighted by molar-refractivity contribution is 8.02. The Morgan fingerprint density at radius 2 is 1.79 bits per heavy atom. The lowest BCUT2D eigenvalue weighted by Gasteiger charge is -2.38. The molecule has 4 aromatic rings. The topological polar surface area (TPSA) is 69.6 Å². The number of allylic oxidation sites excluding steroid dienone is 1. The highest BCUT2D eigenvalue weighted by Gasteiger charge is 2.34. The molecule has 2 aromatic carbocycles. The van der Waals surface area contributed by atoms with Crippen molar-refractivity contribution < 1.29 is 0 Å². The zero-order chi connectivity index (χ0) is 23.0. The van der Waals surface area contributed by atoms with Crippen LogP contribution in [0, 0.1) is 0 Å². The first-order valence-corrected chi connectivity index (χ1v) is 12.4. The first kappa shape index (κ1) is 21.9. The van der Waals surface area contributed by atoms with E-state index in [0.29, 0.717) is 5.82 Å². The van der Waals surface area contributed by atoms with Crippen LogP contribution in [0.15, 0.2) is 71.8 Å². The SMILES string of the molecule is CC(C)=CSC(C)c1nc2cnc(-c3ccccc3)nc2n1-c1ccc(C2(N)CCC2)cc1. The molecule has 0 spiro atoms. The van der Waals surface area contributed by atoms with E-state index in [2.05, 4.69) is 60.0 Å². The van der Waals surface area contributed by atoms with Gasteiger partial charge >= 0.3 is 0 Å². The molecule has 0 saturated heterocycles. The van der Waals surface area contributed by atoms with Crippen molar-refractivity contribution in [3.63, 3.8) is 0 Å². The normalized spacial score (nSPS) is 15.8. The quantitative estimate of drug-likeness (QED) is 0.357. The van der Waals surface area contributed by atoms with Crippen LogP contribution < -0.4 is 5.73 Å². The molecule has 1 atom stereocenters. The van der Waals surface area contributed by atoms with Crippen molar-refractivity contribution in [2.45, 2.75) is 50.8 Å². The van der Waals surface area contributed by atoms with E-state index in [0.717, 1.165) is 41.1 Å². The van der Waals surface area contributed by atoms with E-state index in [1.807, 2.05) is 36.5 Å². The molecule has 5 rings (SSSR count). The minimum absolute atomic E-state index is 0.154. The maximum atomic E-state index is 6.56. The lowest BCUT2D eigenvalue weighted by Crippen LogP contribution is -2.43. The Kier molecular flexibility index (Phi) is 5.81. The third-order valence-corrected chi connectivity index (χ3v) is 7.50. The van der Waals surface area contributed by atoms with Gasteiger partial charge in [-0.15, -0.1) is 11.8 Å². The summed E-state index contributed by atoms with van der Waals surface area (Å²) in [6.07, 6.45) is 5.14. The molecule has 0 aliphatic heterocycles. The summed E-state index contributed by atoms with van der Waals surface area (Å²) in [6, 6.07) is 18.7. The third kappa shape index (κ3) is 4.21. The second-order valence-electron chi connectivity index (χ2n) is 9.10. The van der Waals surface area contributed by atoms with Crippen LogP contribution in [0.2, 0.25) is 0 Å². The van der Waals surface area contributed by atoms with E-state index in [4.69, 9.17) is 15.7 Å². The van der Waals surface area contributed by atoms with Crippen LogP contribution in [-0.2, 0) is 5.54 Å². The molecule has 0 radical (unpaired) electrons. The first-order chi connectivity index (χ1) is 15.9. The second kappa shape index (κ2) is 8.76. The van der Waals surface area contributed by atoms with Crippen molar-refractivity contribution in [2.24, 2.45) is 5.73 Å². The molecular weight excluding hydrogens is 426 g/mol. The number of thioether (sulfide) groups is 1. The summed E-state index contributed by atoms with van der Waals surface area (Å²) in [5.41, 5.74) is 12.5. The standard InChI is InChI=1S/C27H29N5S/c1-18(2)17-33-19(3)25-30-23-16-29-24(20-8-5-4-6-9-20)31-26(23)32(25)22-12-10-21(11-13-22)27(28)14-7-15-27/h4-6,8-13,16-17,19H,7,14-15,28H2,1-3H3. The van der Waals surface area contributed by atoms with Crippen LogP contribution in [0.5, 0.6) is 0 Å². The predicted molar refractivity (Wildman–Crippen MR) is 137 cm³/mol. The number of nitrogens with zero attached hydrogens (tertiary/aromatic N) is 4. The van der Waals surface area contributed by atoms with Crippen LogP contribution >= 0.6 is 11.8 Å². The second-order valence-corrected chi connectivity index (χ2v) is 10.3. The fourth-order valence-corrected chi connectivity index (χ4v) is 4.99. The van der Waals surface area contributed by atoms with E-state index in [9.17, 15) is 0 Å². The lowest BCUT2D eigenvalue weighted by atomic mass is 9.73. The van der Waals surface area contributed by atoms with Crippen molar-refractivity contribution >= 4 is 22.9 Å². The Balaban J connectivity index is 1.64. The number of fused-ring (bicyclic) bond motifs is 1. The first-order valence-electron chi connectivity index (χ1n) is 11.4. The summed E-state index contributed by atoms with van der Waals surface area (Å²) < 4.78 is 2.17. The predicted octanol–water partition coefficient (Wildman–Crippen LogP) is 6.54. The lowest BCUT2D eigenvalue weighted by molar-refractivity contribution is 0.253. The van der Waals surface area contributed by atoms with Gasteiger partial charge in [0.15, 0.2) is 11.5 Å². The average molecular weight is 456 g/mol. The molecule has 1 aliphatic rings. The zero-order valence-electron chi connectivity index (χ0n) is 19.3. The van der Waals surface area contributed by atoms with Gasteiger partial charge in [-0.2, -0.15) is 0 Å².